The van der Waals surface area contributed by atoms with Crippen molar-refractivity contribution in [2.75, 3.05) is 18.0 Å². The van der Waals surface area contributed by atoms with Crippen LogP contribution in [0.2, 0.25) is 0 Å². The zero-order valence-electron chi connectivity index (χ0n) is 11.3. The fraction of sp³-hybridized carbons (Fsp3) is 0.533. The molecule has 2 rings (SSSR count). The van der Waals surface area contributed by atoms with Crippen LogP contribution in [0.25, 0.3) is 0 Å². The minimum Gasteiger partial charge on any atom is -0.372 e. The van der Waals surface area contributed by atoms with Crippen LogP contribution in [0.4, 0.5) is 5.69 Å². The largest absolute Gasteiger partial charge is 0.372 e. The molecule has 1 amide bonds. The highest BCUT2D eigenvalue weighted by Gasteiger charge is 2.13. The van der Waals surface area contributed by atoms with E-state index < -0.39 is 0 Å². The SMILES string of the molecule is CC(C)NC(=O)c1cccc(N2CCCCC2)c1. The summed E-state index contributed by atoms with van der Waals surface area (Å²) in [6.07, 6.45) is 3.83. The van der Waals surface area contributed by atoms with Crippen LogP contribution in [0.3, 0.4) is 0 Å². The van der Waals surface area contributed by atoms with Crippen LogP contribution in [-0.4, -0.2) is 25.0 Å². The summed E-state index contributed by atoms with van der Waals surface area (Å²) < 4.78 is 0. The summed E-state index contributed by atoms with van der Waals surface area (Å²) >= 11 is 0. The van der Waals surface area contributed by atoms with Crippen LogP contribution >= 0.6 is 0 Å². The van der Waals surface area contributed by atoms with Gasteiger partial charge in [0.2, 0.25) is 0 Å². The van der Waals surface area contributed by atoms with Gasteiger partial charge in [0.25, 0.3) is 5.91 Å². The lowest BCUT2D eigenvalue weighted by Crippen LogP contribution is -2.31. The molecule has 0 unspecified atom stereocenters. The second kappa shape index (κ2) is 5.89. The first-order chi connectivity index (χ1) is 8.66. The Bertz CT molecular complexity index is 409. The van der Waals surface area contributed by atoms with Gasteiger partial charge < -0.3 is 10.2 Å². The predicted octanol–water partition coefficient (Wildman–Crippen LogP) is 2.82. The Labute approximate surface area is 109 Å². The molecule has 1 saturated heterocycles. The Hall–Kier alpha value is -1.51. The highest BCUT2D eigenvalue weighted by molar-refractivity contribution is 5.95. The molecule has 0 aliphatic carbocycles. The number of benzene rings is 1. The molecule has 1 aliphatic heterocycles. The molecule has 0 aromatic heterocycles. The Balaban J connectivity index is 2.11. The number of rotatable bonds is 3. The van der Waals surface area contributed by atoms with Gasteiger partial charge in [-0.1, -0.05) is 6.07 Å². The van der Waals surface area contributed by atoms with Gasteiger partial charge in [-0.3, -0.25) is 4.79 Å². The molecule has 18 heavy (non-hydrogen) atoms. The first-order valence-corrected chi connectivity index (χ1v) is 6.82. The normalized spacial score (nSPS) is 15.8. The van der Waals surface area contributed by atoms with Crippen LogP contribution in [0.1, 0.15) is 43.5 Å². The van der Waals surface area contributed by atoms with E-state index in [0.29, 0.717) is 0 Å². The minimum absolute atomic E-state index is 0.0175. The van der Waals surface area contributed by atoms with Crippen LogP contribution < -0.4 is 10.2 Å². The molecule has 98 valence electrons. The summed E-state index contributed by atoms with van der Waals surface area (Å²) in [6.45, 7) is 6.17. The Morgan fingerprint density at radius 1 is 1.22 bits per heavy atom. The van der Waals surface area contributed by atoms with Crippen molar-refractivity contribution in [2.45, 2.75) is 39.2 Å². The quantitative estimate of drug-likeness (QED) is 0.889. The lowest BCUT2D eigenvalue weighted by atomic mass is 10.1. The van der Waals surface area contributed by atoms with Crippen LogP contribution in [0.5, 0.6) is 0 Å². The fourth-order valence-electron chi connectivity index (χ4n) is 2.34. The first-order valence-electron chi connectivity index (χ1n) is 6.82. The number of hydrogen-bond acceptors (Lipinski definition) is 2. The van der Waals surface area contributed by atoms with E-state index in [1.807, 2.05) is 32.0 Å². The monoisotopic (exact) mass is 246 g/mol. The molecular formula is C15H22N2O. The van der Waals surface area contributed by atoms with Crippen molar-refractivity contribution >= 4 is 11.6 Å². The number of amides is 1. The van der Waals surface area contributed by atoms with Gasteiger partial charge in [-0.05, 0) is 51.3 Å². The molecule has 0 atom stereocenters. The van der Waals surface area contributed by atoms with Crippen molar-refractivity contribution in [3.8, 4) is 0 Å². The highest BCUT2D eigenvalue weighted by Crippen LogP contribution is 2.20. The molecule has 0 bridgehead atoms. The third-order valence-electron chi connectivity index (χ3n) is 3.25. The fourth-order valence-corrected chi connectivity index (χ4v) is 2.34. The molecule has 1 aromatic carbocycles. The summed E-state index contributed by atoms with van der Waals surface area (Å²) in [7, 11) is 0. The summed E-state index contributed by atoms with van der Waals surface area (Å²) in [5.41, 5.74) is 1.93. The van der Waals surface area contributed by atoms with Gasteiger partial charge in [-0.25, -0.2) is 0 Å². The second-order valence-corrected chi connectivity index (χ2v) is 5.23. The van der Waals surface area contributed by atoms with Crippen LogP contribution in [0, 0.1) is 0 Å². The van der Waals surface area contributed by atoms with E-state index in [2.05, 4.69) is 16.3 Å². The van der Waals surface area contributed by atoms with E-state index in [0.717, 1.165) is 18.7 Å². The molecular weight excluding hydrogens is 224 g/mol. The number of nitrogens with one attached hydrogen (secondary N) is 1. The van der Waals surface area contributed by atoms with E-state index in [1.54, 1.807) is 0 Å². The van der Waals surface area contributed by atoms with E-state index in [1.165, 1.54) is 24.9 Å². The van der Waals surface area contributed by atoms with Crippen molar-refractivity contribution in [2.24, 2.45) is 0 Å². The topological polar surface area (TPSA) is 32.3 Å². The Morgan fingerprint density at radius 3 is 2.61 bits per heavy atom. The molecule has 3 nitrogen and oxygen atoms in total. The molecule has 1 heterocycles. The number of piperidine rings is 1. The predicted molar refractivity (Wildman–Crippen MR) is 75.1 cm³/mol. The average Bonchev–Trinajstić information content (AvgIpc) is 2.39. The number of carbonyl (C=O) groups excluding carboxylic acids is 1. The molecule has 1 N–H and O–H groups in total. The van der Waals surface area contributed by atoms with Crippen LogP contribution in [0.15, 0.2) is 24.3 Å². The first kappa shape index (κ1) is 12.9. The zero-order valence-corrected chi connectivity index (χ0v) is 11.3. The van der Waals surface area contributed by atoms with Crippen molar-refractivity contribution in [1.29, 1.82) is 0 Å². The van der Waals surface area contributed by atoms with Crippen molar-refractivity contribution in [1.82, 2.24) is 5.32 Å². The molecule has 0 radical (unpaired) electrons. The summed E-state index contributed by atoms with van der Waals surface area (Å²) in [6, 6.07) is 8.13. The zero-order chi connectivity index (χ0) is 13.0. The van der Waals surface area contributed by atoms with Crippen molar-refractivity contribution in [3.05, 3.63) is 29.8 Å². The summed E-state index contributed by atoms with van der Waals surface area (Å²) in [4.78, 5) is 14.3. The van der Waals surface area contributed by atoms with Gasteiger partial charge in [-0.15, -0.1) is 0 Å². The number of anilines is 1. The second-order valence-electron chi connectivity index (χ2n) is 5.23. The Kier molecular flexibility index (Phi) is 4.24. The number of nitrogens with zero attached hydrogens (tertiary/aromatic N) is 1. The van der Waals surface area contributed by atoms with Gasteiger partial charge in [0.15, 0.2) is 0 Å². The smallest absolute Gasteiger partial charge is 0.251 e. The molecule has 0 saturated carbocycles. The minimum atomic E-state index is 0.0175. The van der Waals surface area contributed by atoms with Gasteiger partial charge in [0.05, 0.1) is 0 Å². The summed E-state index contributed by atoms with van der Waals surface area (Å²) in [5.74, 6) is 0.0175. The molecule has 1 aliphatic rings. The maximum atomic E-state index is 12.0. The summed E-state index contributed by atoms with van der Waals surface area (Å²) in [5, 5.41) is 2.93. The van der Waals surface area contributed by atoms with E-state index >= 15 is 0 Å². The molecule has 3 heteroatoms. The van der Waals surface area contributed by atoms with Gasteiger partial charge in [0.1, 0.15) is 0 Å². The van der Waals surface area contributed by atoms with Crippen molar-refractivity contribution < 1.29 is 4.79 Å². The lowest BCUT2D eigenvalue weighted by Gasteiger charge is -2.29. The van der Waals surface area contributed by atoms with Gasteiger partial charge >= 0.3 is 0 Å². The maximum Gasteiger partial charge on any atom is 0.251 e. The third kappa shape index (κ3) is 3.25. The third-order valence-corrected chi connectivity index (χ3v) is 3.25. The van der Waals surface area contributed by atoms with Crippen molar-refractivity contribution in [3.63, 3.8) is 0 Å². The van der Waals surface area contributed by atoms with E-state index in [-0.39, 0.29) is 11.9 Å². The van der Waals surface area contributed by atoms with Gasteiger partial charge in [-0.2, -0.15) is 0 Å². The standard InChI is InChI=1S/C15H22N2O/c1-12(2)16-15(18)13-7-6-8-14(11-13)17-9-4-3-5-10-17/h6-8,11-12H,3-5,9-10H2,1-2H3,(H,16,18). The average molecular weight is 246 g/mol. The number of hydrogen-bond donors (Lipinski definition) is 1. The lowest BCUT2D eigenvalue weighted by molar-refractivity contribution is 0.0943. The Morgan fingerprint density at radius 2 is 1.94 bits per heavy atom. The molecule has 0 spiro atoms. The van der Waals surface area contributed by atoms with Gasteiger partial charge in [0, 0.05) is 30.4 Å². The molecule has 1 fully saturated rings. The van der Waals surface area contributed by atoms with E-state index in [9.17, 15) is 4.79 Å². The maximum absolute atomic E-state index is 12.0. The number of carbonyl (C=O) groups is 1. The van der Waals surface area contributed by atoms with E-state index in [4.69, 9.17) is 0 Å². The van der Waals surface area contributed by atoms with Crippen LogP contribution in [-0.2, 0) is 0 Å². The molecule has 1 aromatic rings. The highest BCUT2D eigenvalue weighted by atomic mass is 16.1.